The Bertz CT molecular complexity index is 412. The second kappa shape index (κ2) is 4.95. The molecule has 0 atom stereocenters. The van der Waals surface area contributed by atoms with Gasteiger partial charge in [-0.05, 0) is 30.4 Å². The van der Waals surface area contributed by atoms with Crippen molar-refractivity contribution >= 4 is 34.6 Å². The lowest BCUT2D eigenvalue weighted by molar-refractivity contribution is 0.362. The summed E-state index contributed by atoms with van der Waals surface area (Å²) in [6, 6.07) is 3.50. The molecule has 1 saturated carbocycles. The first-order valence-electron chi connectivity index (χ1n) is 5.99. The number of rotatable bonds is 3. The molecule has 0 bridgehead atoms. The van der Waals surface area contributed by atoms with Crippen molar-refractivity contribution in [2.75, 3.05) is 17.6 Å². The molecule has 94 valence electrons. The van der Waals surface area contributed by atoms with Crippen LogP contribution in [0.1, 0.15) is 32.6 Å². The summed E-state index contributed by atoms with van der Waals surface area (Å²) in [7, 11) is 0. The van der Waals surface area contributed by atoms with Gasteiger partial charge in [0.05, 0.1) is 21.4 Å². The predicted molar refractivity (Wildman–Crippen MR) is 75.9 cm³/mol. The molecule has 17 heavy (non-hydrogen) atoms. The van der Waals surface area contributed by atoms with Crippen LogP contribution >= 0.6 is 23.2 Å². The van der Waals surface area contributed by atoms with Crippen LogP contribution in [-0.4, -0.2) is 6.54 Å². The van der Waals surface area contributed by atoms with Gasteiger partial charge in [-0.15, -0.1) is 0 Å². The minimum atomic E-state index is 0.387. The van der Waals surface area contributed by atoms with Crippen LogP contribution in [0.2, 0.25) is 10.0 Å². The first-order valence-corrected chi connectivity index (χ1v) is 6.74. The van der Waals surface area contributed by atoms with E-state index in [1.165, 1.54) is 25.7 Å². The molecule has 2 nitrogen and oxygen atoms in total. The molecule has 0 amide bonds. The smallest absolute Gasteiger partial charge is 0.0614 e. The Kier molecular flexibility index (Phi) is 3.74. The minimum Gasteiger partial charge on any atom is -0.397 e. The predicted octanol–water partition coefficient (Wildman–Crippen LogP) is 4.57. The average molecular weight is 273 g/mol. The first-order chi connectivity index (χ1) is 8.00. The first kappa shape index (κ1) is 12.8. The Labute approximate surface area is 112 Å². The molecule has 1 aliphatic rings. The molecule has 0 aliphatic heterocycles. The highest BCUT2D eigenvalue weighted by atomic mass is 35.5. The van der Waals surface area contributed by atoms with Crippen LogP contribution in [0.5, 0.6) is 0 Å². The summed E-state index contributed by atoms with van der Waals surface area (Å²) in [5.74, 6) is 0. The molecule has 1 aliphatic carbocycles. The van der Waals surface area contributed by atoms with Crippen LogP contribution in [0, 0.1) is 5.41 Å². The van der Waals surface area contributed by atoms with E-state index in [0.717, 1.165) is 12.2 Å². The van der Waals surface area contributed by atoms with E-state index in [2.05, 4.69) is 12.2 Å². The van der Waals surface area contributed by atoms with Crippen LogP contribution in [0.4, 0.5) is 11.4 Å². The van der Waals surface area contributed by atoms with Crippen molar-refractivity contribution in [3.05, 3.63) is 22.2 Å². The Morgan fingerprint density at radius 1 is 1.24 bits per heavy atom. The molecule has 1 aromatic carbocycles. The lowest BCUT2D eigenvalue weighted by atomic mass is 9.89. The fraction of sp³-hybridized carbons (Fsp3) is 0.538. The summed E-state index contributed by atoms with van der Waals surface area (Å²) in [6.45, 7) is 3.26. The quantitative estimate of drug-likeness (QED) is 0.792. The standard InChI is InChI=1S/C13H18Cl2N2/c1-13(4-2-3-5-13)8-17-12-7-10(15)9(14)6-11(12)16/h6-7,17H,2-5,8,16H2,1H3. The van der Waals surface area contributed by atoms with Crippen molar-refractivity contribution in [3.63, 3.8) is 0 Å². The van der Waals surface area contributed by atoms with E-state index in [1.807, 2.05) is 0 Å². The Hall–Kier alpha value is -0.600. The molecule has 1 fully saturated rings. The maximum Gasteiger partial charge on any atom is 0.0614 e. The van der Waals surface area contributed by atoms with Crippen LogP contribution in [0.25, 0.3) is 0 Å². The summed E-state index contributed by atoms with van der Waals surface area (Å²) in [4.78, 5) is 0. The Balaban J connectivity index is 2.06. The van der Waals surface area contributed by atoms with Gasteiger partial charge in [-0.2, -0.15) is 0 Å². The molecule has 1 aromatic rings. The molecular weight excluding hydrogens is 255 g/mol. The van der Waals surface area contributed by atoms with Gasteiger partial charge in [0.15, 0.2) is 0 Å². The van der Waals surface area contributed by atoms with E-state index in [-0.39, 0.29) is 0 Å². The summed E-state index contributed by atoms with van der Waals surface area (Å²) in [6.07, 6.45) is 5.21. The summed E-state index contributed by atoms with van der Waals surface area (Å²) < 4.78 is 0. The van der Waals surface area contributed by atoms with Gasteiger partial charge >= 0.3 is 0 Å². The van der Waals surface area contributed by atoms with Gasteiger partial charge in [0.2, 0.25) is 0 Å². The zero-order chi connectivity index (χ0) is 12.5. The number of hydrogen-bond acceptors (Lipinski definition) is 2. The number of halogens is 2. The second-order valence-electron chi connectivity index (χ2n) is 5.22. The van der Waals surface area contributed by atoms with Crippen molar-refractivity contribution in [3.8, 4) is 0 Å². The zero-order valence-corrected chi connectivity index (χ0v) is 11.5. The monoisotopic (exact) mass is 272 g/mol. The van der Waals surface area contributed by atoms with Crippen LogP contribution in [0.3, 0.4) is 0 Å². The van der Waals surface area contributed by atoms with Crippen molar-refractivity contribution in [2.24, 2.45) is 5.41 Å². The van der Waals surface area contributed by atoms with Gasteiger partial charge in [0, 0.05) is 6.54 Å². The van der Waals surface area contributed by atoms with E-state index >= 15 is 0 Å². The largest absolute Gasteiger partial charge is 0.397 e. The lowest BCUT2D eigenvalue weighted by Gasteiger charge is -2.25. The normalized spacial score (nSPS) is 18.3. The third-order valence-corrected chi connectivity index (χ3v) is 4.33. The maximum absolute atomic E-state index is 5.99. The van der Waals surface area contributed by atoms with Gasteiger partial charge in [0.25, 0.3) is 0 Å². The molecule has 0 spiro atoms. The molecular formula is C13H18Cl2N2. The molecule has 0 radical (unpaired) electrons. The number of nitrogen functional groups attached to an aromatic ring is 1. The highest BCUT2D eigenvalue weighted by Gasteiger charge is 2.28. The highest BCUT2D eigenvalue weighted by Crippen LogP contribution is 2.38. The number of nitrogens with two attached hydrogens (primary N) is 1. The third-order valence-electron chi connectivity index (χ3n) is 3.61. The molecule has 3 N–H and O–H groups in total. The van der Waals surface area contributed by atoms with Gasteiger partial charge in [-0.3, -0.25) is 0 Å². The van der Waals surface area contributed by atoms with Crippen molar-refractivity contribution in [1.29, 1.82) is 0 Å². The molecule has 0 saturated heterocycles. The SMILES string of the molecule is CC1(CNc2cc(Cl)c(Cl)cc2N)CCCC1. The molecule has 0 unspecified atom stereocenters. The lowest BCUT2D eigenvalue weighted by Crippen LogP contribution is -2.23. The summed E-state index contributed by atoms with van der Waals surface area (Å²) in [5.41, 5.74) is 7.84. The van der Waals surface area contributed by atoms with Crippen LogP contribution < -0.4 is 11.1 Å². The molecule has 0 aromatic heterocycles. The zero-order valence-electron chi connectivity index (χ0n) is 10.0. The van der Waals surface area contributed by atoms with Crippen molar-refractivity contribution in [2.45, 2.75) is 32.6 Å². The Morgan fingerprint density at radius 2 is 1.82 bits per heavy atom. The Morgan fingerprint density at radius 3 is 2.47 bits per heavy atom. The fourth-order valence-electron chi connectivity index (χ4n) is 2.43. The van der Waals surface area contributed by atoms with Crippen molar-refractivity contribution in [1.82, 2.24) is 0 Å². The van der Waals surface area contributed by atoms with Gasteiger partial charge in [0.1, 0.15) is 0 Å². The van der Waals surface area contributed by atoms with Gasteiger partial charge < -0.3 is 11.1 Å². The van der Waals surface area contributed by atoms with E-state index in [4.69, 9.17) is 28.9 Å². The summed E-state index contributed by atoms with van der Waals surface area (Å²) >= 11 is 11.9. The second-order valence-corrected chi connectivity index (χ2v) is 6.04. The van der Waals surface area contributed by atoms with Crippen LogP contribution in [-0.2, 0) is 0 Å². The topological polar surface area (TPSA) is 38.0 Å². The highest BCUT2D eigenvalue weighted by molar-refractivity contribution is 6.42. The van der Waals surface area contributed by atoms with E-state index in [9.17, 15) is 0 Å². The maximum atomic E-state index is 5.99. The van der Waals surface area contributed by atoms with E-state index in [0.29, 0.717) is 21.1 Å². The molecule has 0 heterocycles. The molecule has 2 rings (SSSR count). The van der Waals surface area contributed by atoms with E-state index in [1.54, 1.807) is 12.1 Å². The van der Waals surface area contributed by atoms with Gasteiger partial charge in [-0.25, -0.2) is 0 Å². The summed E-state index contributed by atoms with van der Waals surface area (Å²) in [5, 5.41) is 4.44. The minimum absolute atomic E-state index is 0.387. The number of benzene rings is 1. The number of anilines is 2. The molecule has 4 heteroatoms. The van der Waals surface area contributed by atoms with E-state index < -0.39 is 0 Å². The average Bonchev–Trinajstić information content (AvgIpc) is 2.69. The van der Waals surface area contributed by atoms with Crippen molar-refractivity contribution < 1.29 is 0 Å². The van der Waals surface area contributed by atoms with Gasteiger partial charge in [-0.1, -0.05) is 43.0 Å². The fourth-order valence-corrected chi connectivity index (χ4v) is 2.77. The number of hydrogen-bond donors (Lipinski definition) is 2. The van der Waals surface area contributed by atoms with Crippen LogP contribution in [0.15, 0.2) is 12.1 Å². The number of nitrogens with one attached hydrogen (secondary N) is 1. The third kappa shape index (κ3) is 2.99.